The number of hydrogen-bond donors (Lipinski definition) is 1. The molecule has 0 aromatic carbocycles. The standard InChI is InChI=1S/C29H45N3O7/c1-6-10-31(12-11-30-13-16-37-17-14-30)26(35)24-29-9-8-28(5,39-29)23(27(36)38-15-7-2)22(29)25(34)32(24)21(19-33)18-20(3)4/h6-7,20-24,33H,1-2,8-19H2,3-5H3/t21-,22+,23-,24?,28+,29?/m1/s1. The first-order valence-corrected chi connectivity index (χ1v) is 14.2. The highest BCUT2D eigenvalue weighted by molar-refractivity contribution is 5.98. The minimum atomic E-state index is -1.16. The Morgan fingerprint density at radius 2 is 1.95 bits per heavy atom. The van der Waals surface area contributed by atoms with Gasteiger partial charge in [-0.2, -0.15) is 0 Å². The van der Waals surface area contributed by atoms with Crippen LogP contribution in [0.1, 0.15) is 40.0 Å². The molecule has 4 heterocycles. The number of esters is 1. The van der Waals surface area contributed by atoms with Crippen molar-refractivity contribution in [3.05, 3.63) is 25.3 Å². The number of morpholine rings is 1. The Morgan fingerprint density at radius 1 is 1.23 bits per heavy atom. The number of ether oxygens (including phenoxy) is 3. The molecule has 0 radical (unpaired) electrons. The van der Waals surface area contributed by atoms with Gasteiger partial charge in [-0.15, -0.1) is 6.58 Å². The zero-order valence-corrected chi connectivity index (χ0v) is 23.7. The third-order valence-electron chi connectivity index (χ3n) is 8.84. The van der Waals surface area contributed by atoms with Crippen molar-refractivity contribution >= 4 is 17.8 Å². The van der Waals surface area contributed by atoms with Crippen molar-refractivity contribution in [2.75, 3.05) is 59.2 Å². The van der Waals surface area contributed by atoms with Gasteiger partial charge in [0.05, 0.1) is 37.4 Å². The lowest BCUT2D eigenvalue weighted by Gasteiger charge is -2.40. The minimum Gasteiger partial charge on any atom is -0.461 e. The van der Waals surface area contributed by atoms with Crippen molar-refractivity contribution in [3.8, 4) is 0 Å². The van der Waals surface area contributed by atoms with Gasteiger partial charge in [-0.3, -0.25) is 19.3 Å². The fraction of sp³-hybridized carbons (Fsp3) is 0.759. The summed E-state index contributed by atoms with van der Waals surface area (Å²) in [6.45, 7) is 17.5. The Hall–Kier alpha value is -2.27. The van der Waals surface area contributed by atoms with Crippen LogP contribution in [-0.4, -0.2) is 120 Å². The van der Waals surface area contributed by atoms with Crippen molar-refractivity contribution in [3.63, 3.8) is 0 Å². The van der Waals surface area contributed by atoms with Gasteiger partial charge >= 0.3 is 5.97 Å². The second-order valence-electron chi connectivity index (χ2n) is 11.9. The summed E-state index contributed by atoms with van der Waals surface area (Å²) in [7, 11) is 0. The van der Waals surface area contributed by atoms with E-state index in [0.717, 1.165) is 13.1 Å². The van der Waals surface area contributed by atoms with E-state index >= 15 is 0 Å². The van der Waals surface area contributed by atoms with Gasteiger partial charge in [-0.1, -0.05) is 32.6 Å². The van der Waals surface area contributed by atoms with Crippen LogP contribution in [0, 0.1) is 17.8 Å². The maximum atomic E-state index is 14.5. The quantitative estimate of drug-likeness (QED) is 0.271. The highest BCUT2D eigenvalue weighted by Gasteiger charge is 2.79. The Morgan fingerprint density at radius 3 is 2.56 bits per heavy atom. The molecule has 10 heteroatoms. The molecule has 1 N–H and O–H groups in total. The Bertz CT molecular complexity index is 951. The molecule has 0 saturated carbocycles. The van der Waals surface area contributed by atoms with E-state index < -0.39 is 41.1 Å². The van der Waals surface area contributed by atoms with Crippen molar-refractivity contribution in [1.82, 2.24) is 14.7 Å². The van der Waals surface area contributed by atoms with Crippen LogP contribution in [0.2, 0.25) is 0 Å². The molecule has 2 amide bonds. The fourth-order valence-corrected chi connectivity index (χ4v) is 7.15. The molecule has 2 bridgehead atoms. The number of likely N-dealkylation sites (tertiary alicyclic amines) is 1. The van der Waals surface area contributed by atoms with E-state index in [1.807, 2.05) is 20.8 Å². The molecule has 0 aromatic rings. The second kappa shape index (κ2) is 12.1. The SMILES string of the molecule is C=CCOC(=O)[C@H]1[C@H]2C(=O)N([C@@H](CO)CC(C)C)C(C(=O)N(CC=C)CCN3CCOCC3)C23CC[C@]1(C)O3. The molecule has 1 spiro atoms. The number of aliphatic hydroxyl groups is 1. The number of amides is 2. The molecule has 6 atom stereocenters. The Labute approximate surface area is 231 Å². The topological polar surface area (TPSA) is 109 Å². The van der Waals surface area contributed by atoms with Crippen LogP contribution in [-0.2, 0) is 28.6 Å². The summed E-state index contributed by atoms with van der Waals surface area (Å²) in [6.07, 6.45) is 4.71. The number of aliphatic hydroxyl groups excluding tert-OH is 1. The highest BCUT2D eigenvalue weighted by atomic mass is 16.6. The van der Waals surface area contributed by atoms with Crippen molar-refractivity contribution in [1.29, 1.82) is 0 Å². The largest absolute Gasteiger partial charge is 0.461 e. The van der Waals surface area contributed by atoms with Gasteiger partial charge in [-0.05, 0) is 32.1 Å². The maximum Gasteiger partial charge on any atom is 0.313 e. The molecule has 2 unspecified atom stereocenters. The van der Waals surface area contributed by atoms with E-state index in [2.05, 4.69) is 18.1 Å². The highest BCUT2D eigenvalue weighted by Crippen LogP contribution is 2.63. The number of rotatable bonds is 13. The van der Waals surface area contributed by atoms with Gasteiger partial charge in [0.2, 0.25) is 11.8 Å². The first-order chi connectivity index (χ1) is 18.6. The molecule has 39 heavy (non-hydrogen) atoms. The van der Waals surface area contributed by atoms with Crippen LogP contribution in [0.25, 0.3) is 0 Å². The average Bonchev–Trinajstić information content (AvgIpc) is 3.49. The predicted octanol–water partition coefficient (Wildman–Crippen LogP) is 1.23. The summed E-state index contributed by atoms with van der Waals surface area (Å²) >= 11 is 0. The Balaban J connectivity index is 1.71. The number of nitrogens with zero attached hydrogens (tertiary/aromatic N) is 3. The number of hydrogen-bond acceptors (Lipinski definition) is 8. The molecular formula is C29H45N3O7. The van der Waals surface area contributed by atoms with Crippen LogP contribution in [0.3, 0.4) is 0 Å². The molecule has 4 fully saturated rings. The number of carbonyl (C=O) groups excluding carboxylic acids is 3. The molecule has 10 nitrogen and oxygen atoms in total. The summed E-state index contributed by atoms with van der Waals surface area (Å²) in [4.78, 5) is 47.6. The molecule has 4 aliphatic rings. The fourth-order valence-electron chi connectivity index (χ4n) is 7.15. The van der Waals surface area contributed by atoms with Crippen LogP contribution < -0.4 is 0 Å². The van der Waals surface area contributed by atoms with Gasteiger partial charge in [0, 0.05) is 32.7 Å². The second-order valence-corrected chi connectivity index (χ2v) is 11.9. The van der Waals surface area contributed by atoms with E-state index in [4.69, 9.17) is 14.2 Å². The minimum absolute atomic E-state index is 0.0344. The number of carbonyl (C=O) groups is 3. The van der Waals surface area contributed by atoms with E-state index in [-0.39, 0.29) is 30.9 Å². The first-order valence-electron chi connectivity index (χ1n) is 14.2. The molecule has 4 saturated heterocycles. The summed E-state index contributed by atoms with van der Waals surface area (Å²) in [6, 6.07) is -1.52. The zero-order chi connectivity index (χ0) is 28.4. The van der Waals surface area contributed by atoms with Gasteiger partial charge in [-0.25, -0.2) is 0 Å². The van der Waals surface area contributed by atoms with Crippen molar-refractivity contribution in [2.45, 2.75) is 63.3 Å². The van der Waals surface area contributed by atoms with Crippen LogP contribution >= 0.6 is 0 Å². The smallest absolute Gasteiger partial charge is 0.313 e. The Kier molecular flexibility index (Phi) is 9.20. The van der Waals surface area contributed by atoms with E-state index in [0.29, 0.717) is 52.1 Å². The lowest BCUT2D eigenvalue weighted by Crippen LogP contribution is -2.59. The van der Waals surface area contributed by atoms with Gasteiger partial charge < -0.3 is 29.1 Å². The van der Waals surface area contributed by atoms with Gasteiger partial charge in [0.15, 0.2) is 0 Å². The van der Waals surface area contributed by atoms with E-state index in [9.17, 15) is 19.5 Å². The first kappa shape index (κ1) is 29.7. The van der Waals surface area contributed by atoms with Crippen LogP contribution in [0.5, 0.6) is 0 Å². The maximum absolute atomic E-state index is 14.5. The predicted molar refractivity (Wildman–Crippen MR) is 145 cm³/mol. The molecule has 0 aliphatic carbocycles. The van der Waals surface area contributed by atoms with Crippen molar-refractivity contribution < 1.29 is 33.7 Å². The van der Waals surface area contributed by atoms with Gasteiger partial charge in [0.25, 0.3) is 0 Å². The lowest BCUT2D eigenvalue weighted by molar-refractivity contribution is -0.161. The third-order valence-corrected chi connectivity index (χ3v) is 8.84. The molecule has 4 rings (SSSR count). The lowest BCUT2D eigenvalue weighted by atomic mass is 9.66. The van der Waals surface area contributed by atoms with E-state index in [1.165, 1.54) is 6.08 Å². The zero-order valence-electron chi connectivity index (χ0n) is 23.7. The summed E-state index contributed by atoms with van der Waals surface area (Å²) < 4.78 is 17.6. The summed E-state index contributed by atoms with van der Waals surface area (Å²) in [5.41, 5.74) is -2.07. The molecule has 218 valence electrons. The monoisotopic (exact) mass is 547 g/mol. The van der Waals surface area contributed by atoms with E-state index in [1.54, 1.807) is 15.9 Å². The molecular weight excluding hydrogens is 502 g/mol. The van der Waals surface area contributed by atoms with Gasteiger partial charge in [0.1, 0.15) is 24.2 Å². The average molecular weight is 548 g/mol. The summed E-state index contributed by atoms with van der Waals surface area (Å²) in [5, 5.41) is 10.4. The molecule has 4 aliphatic heterocycles. The number of fused-ring (bicyclic) bond motifs is 1. The van der Waals surface area contributed by atoms with Crippen LogP contribution in [0.15, 0.2) is 25.3 Å². The normalized spacial score (nSPS) is 32.8. The summed E-state index contributed by atoms with van der Waals surface area (Å²) in [5.74, 6) is -2.57. The molecule has 0 aromatic heterocycles. The third kappa shape index (κ3) is 5.40. The van der Waals surface area contributed by atoms with Crippen LogP contribution in [0.4, 0.5) is 0 Å². The van der Waals surface area contributed by atoms with Crippen molar-refractivity contribution in [2.24, 2.45) is 17.8 Å².